The minimum Gasteiger partial charge on any atom is -0.449 e. The van der Waals surface area contributed by atoms with Crippen LogP contribution < -0.4 is 0 Å². The van der Waals surface area contributed by atoms with Gasteiger partial charge in [0.2, 0.25) is 5.91 Å². The maximum absolute atomic E-state index is 13.6. The average Bonchev–Trinajstić information content (AvgIpc) is 3.17. The van der Waals surface area contributed by atoms with Crippen LogP contribution in [0, 0.1) is 0 Å². The maximum Gasteiger partial charge on any atom is 0.339 e. The van der Waals surface area contributed by atoms with Gasteiger partial charge in [-0.25, -0.2) is 4.79 Å². The summed E-state index contributed by atoms with van der Waals surface area (Å²) in [5, 5.41) is 4.19. The Morgan fingerprint density at radius 1 is 1.10 bits per heavy atom. The number of aryl methyl sites for hydroxylation is 1. The maximum atomic E-state index is 13.6. The molecule has 3 aromatic rings. The lowest BCUT2D eigenvalue weighted by Crippen LogP contribution is -2.40. The average molecular weight is 414 g/mol. The predicted octanol–water partition coefficient (Wildman–Crippen LogP) is 2.81. The number of pyridine rings is 1. The van der Waals surface area contributed by atoms with Crippen LogP contribution in [0.25, 0.3) is 11.3 Å². The zero-order valence-corrected chi connectivity index (χ0v) is 17.2. The summed E-state index contributed by atoms with van der Waals surface area (Å²) >= 11 is 0. The van der Waals surface area contributed by atoms with Crippen LogP contribution in [0.15, 0.2) is 55.0 Å². The van der Waals surface area contributed by atoms with Crippen LogP contribution in [0.5, 0.6) is 0 Å². The molecule has 31 heavy (non-hydrogen) atoms. The number of benzene rings is 1. The Morgan fingerprint density at radius 2 is 1.94 bits per heavy atom. The van der Waals surface area contributed by atoms with E-state index in [0.29, 0.717) is 25.1 Å². The van der Waals surface area contributed by atoms with E-state index in [1.54, 1.807) is 16.9 Å². The van der Waals surface area contributed by atoms with Crippen molar-refractivity contribution in [3.8, 4) is 11.3 Å². The molecule has 1 aliphatic carbocycles. The highest BCUT2D eigenvalue weighted by molar-refractivity contribution is 5.96. The van der Waals surface area contributed by atoms with E-state index < -0.39 is 11.0 Å². The number of hydrogen-bond donors (Lipinski definition) is 0. The Balaban J connectivity index is 1.25. The largest absolute Gasteiger partial charge is 0.449 e. The van der Waals surface area contributed by atoms with E-state index in [-0.39, 0.29) is 11.9 Å². The Bertz CT molecular complexity index is 1210. The van der Waals surface area contributed by atoms with Gasteiger partial charge in [0.1, 0.15) is 0 Å². The van der Waals surface area contributed by atoms with Crippen LogP contribution in [0.4, 0.5) is 0 Å². The first-order valence-corrected chi connectivity index (χ1v) is 10.6. The van der Waals surface area contributed by atoms with E-state index in [2.05, 4.69) is 10.1 Å². The lowest BCUT2D eigenvalue weighted by molar-refractivity contribution is -0.134. The molecule has 1 saturated carbocycles. The number of ether oxygens (including phenoxy) is 1. The molecule has 0 radical (unpaired) electrons. The SMILES string of the molecule is Cn1cc(-c2ccc(C3(C(=O)N4CC[C@@]5(C4)OC(=O)c4ccccc45)CC3)cn2)cn1. The number of carbonyl (C=O) groups is 2. The van der Waals surface area contributed by atoms with Gasteiger partial charge in [0.05, 0.1) is 29.4 Å². The van der Waals surface area contributed by atoms with Gasteiger partial charge >= 0.3 is 5.97 Å². The van der Waals surface area contributed by atoms with Gasteiger partial charge in [-0.2, -0.15) is 5.10 Å². The fourth-order valence-electron chi connectivity index (χ4n) is 5.06. The topological polar surface area (TPSA) is 77.3 Å². The fourth-order valence-corrected chi connectivity index (χ4v) is 5.06. The van der Waals surface area contributed by atoms with Crippen molar-refractivity contribution in [2.75, 3.05) is 13.1 Å². The van der Waals surface area contributed by atoms with Gasteiger partial charge < -0.3 is 9.64 Å². The molecule has 1 saturated heterocycles. The van der Waals surface area contributed by atoms with Crippen molar-refractivity contribution in [1.29, 1.82) is 0 Å². The molecule has 3 aliphatic rings. The lowest BCUT2D eigenvalue weighted by atomic mass is 9.91. The quantitative estimate of drug-likeness (QED) is 0.616. The van der Waals surface area contributed by atoms with E-state index in [1.807, 2.05) is 54.7 Å². The Morgan fingerprint density at radius 3 is 2.65 bits per heavy atom. The van der Waals surface area contributed by atoms with E-state index in [0.717, 1.165) is 35.2 Å². The second kappa shape index (κ2) is 6.26. The van der Waals surface area contributed by atoms with Crippen molar-refractivity contribution in [3.63, 3.8) is 0 Å². The number of likely N-dealkylation sites (tertiary alicyclic amines) is 1. The van der Waals surface area contributed by atoms with Crippen molar-refractivity contribution in [3.05, 3.63) is 71.7 Å². The molecule has 4 heterocycles. The zero-order valence-electron chi connectivity index (χ0n) is 17.2. The van der Waals surface area contributed by atoms with Gasteiger partial charge in [-0.1, -0.05) is 24.3 Å². The van der Waals surface area contributed by atoms with Gasteiger partial charge in [0, 0.05) is 43.5 Å². The van der Waals surface area contributed by atoms with Crippen molar-refractivity contribution in [1.82, 2.24) is 19.7 Å². The summed E-state index contributed by atoms with van der Waals surface area (Å²) in [7, 11) is 1.87. The Hall–Kier alpha value is -3.48. The molecule has 7 heteroatoms. The third-order valence-electron chi connectivity index (χ3n) is 6.92. The first-order chi connectivity index (χ1) is 15.0. The molecule has 2 aromatic heterocycles. The number of esters is 1. The molecule has 0 unspecified atom stereocenters. The van der Waals surface area contributed by atoms with Crippen LogP contribution in [0.3, 0.4) is 0 Å². The van der Waals surface area contributed by atoms with E-state index in [9.17, 15) is 9.59 Å². The summed E-state index contributed by atoms with van der Waals surface area (Å²) in [5.41, 5.74) is 3.06. The van der Waals surface area contributed by atoms with Crippen molar-refractivity contribution < 1.29 is 14.3 Å². The molecule has 2 fully saturated rings. The molecule has 1 atom stereocenters. The molecule has 7 nitrogen and oxygen atoms in total. The van der Waals surface area contributed by atoms with Crippen LogP contribution >= 0.6 is 0 Å². The second-order valence-corrected chi connectivity index (χ2v) is 8.82. The Labute approximate surface area is 179 Å². The predicted molar refractivity (Wildman–Crippen MR) is 112 cm³/mol. The molecule has 156 valence electrons. The summed E-state index contributed by atoms with van der Waals surface area (Å²) in [5.74, 6) is -0.179. The minimum atomic E-state index is -0.707. The summed E-state index contributed by atoms with van der Waals surface area (Å²) in [6.45, 7) is 1.00. The van der Waals surface area contributed by atoms with Crippen LogP contribution in [-0.4, -0.2) is 44.6 Å². The third-order valence-corrected chi connectivity index (χ3v) is 6.92. The normalized spacial score (nSPS) is 23.1. The Kier molecular flexibility index (Phi) is 3.70. The van der Waals surface area contributed by atoms with Crippen LogP contribution in [-0.2, 0) is 27.6 Å². The smallest absolute Gasteiger partial charge is 0.339 e. The van der Waals surface area contributed by atoms with Crippen molar-refractivity contribution in [2.45, 2.75) is 30.3 Å². The number of amides is 1. The highest BCUT2D eigenvalue weighted by Crippen LogP contribution is 2.52. The minimum absolute atomic E-state index is 0.112. The number of nitrogens with zero attached hydrogens (tertiary/aromatic N) is 4. The molecule has 6 rings (SSSR count). The molecular formula is C24H22N4O3. The van der Waals surface area contributed by atoms with E-state index >= 15 is 0 Å². The number of carbonyl (C=O) groups excluding carboxylic acids is 2. The number of fused-ring (bicyclic) bond motifs is 2. The highest BCUT2D eigenvalue weighted by Gasteiger charge is 2.57. The van der Waals surface area contributed by atoms with Gasteiger partial charge in [-0.15, -0.1) is 0 Å². The number of aromatic nitrogens is 3. The van der Waals surface area contributed by atoms with Crippen molar-refractivity contribution >= 4 is 11.9 Å². The first-order valence-electron chi connectivity index (χ1n) is 10.6. The first kappa shape index (κ1) is 18.3. The number of rotatable bonds is 3. The summed E-state index contributed by atoms with van der Waals surface area (Å²) in [4.78, 5) is 32.4. The molecule has 1 spiro atoms. The third kappa shape index (κ3) is 2.65. The summed E-state index contributed by atoms with van der Waals surface area (Å²) in [6, 6.07) is 11.5. The summed E-state index contributed by atoms with van der Waals surface area (Å²) in [6.07, 6.45) is 7.80. The summed E-state index contributed by atoms with van der Waals surface area (Å²) < 4.78 is 7.56. The van der Waals surface area contributed by atoms with Gasteiger partial charge in [0.15, 0.2) is 5.60 Å². The van der Waals surface area contributed by atoms with Crippen LogP contribution in [0.2, 0.25) is 0 Å². The lowest BCUT2D eigenvalue weighted by Gasteiger charge is -2.26. The standard InChI is InChI=1S/C24H22N4O3/c1-27-14-16(12-26-27)20-7-6-17(13-25-20)23(8-9-23)22(30)28-11-10-24(15-28)19-5-3-2-4-18(19)21(29)31-24/h2-7,12-14H,8-11,15H2,1H3/t24-/m0/s1. The van der Waals surface area contributed by atoms with Gasteiger partial charge in [-0.3, -0.25) is 14.5 Å². The molecule has 1 amide bonds. The molecular weight excluding hydrogens is 392 g/mol. The van der Waals surface area contributed by atoms with E-state index in [1.165, 1.54) is 0 Å². The van der Waals surface area contributed by atoms with Gasteiger partial charge in [-0.05, 0) is 30.5 Å². The van der Waals surface area contributed by atoms with E-state index in [4.69, 9.17) is 4.74 Å². The molecule has 2 aliphatic heterocycles. The number of hydrogen-bond acceptors (Lipinski definition) is 5. The molecule has 0 bridgehead atoms. The van der Waals surface area contributed by atoms with Crippen molar-refractivity contribution in [2.24, 2.45) is 7.05 Å². The second-order valence-electron chi connectivity index (χ2n) is 8.82. The zero-order chi connectivity index (χ0) is 21.2. The molecule has 0 N–H and O–H groups in total. The monoisotopic (exact) mass is 414 g/mol. The molecule has 1 aromatic carbocycles. The van der Waals surface area contributed by atoms with Crippen LogP contribution in [0.1, 0.15) is 40.7 Å². The van der Waals surface area contributed by atoms with Gasteiger partial charge in [0.25, 0.3) is 0 Å². The highest BCUT2D eigenvalue weighted by atomic mass is 16.6. The fraction of sp³-hybridized carbons (Fsp3) is 0.333.